The summed E-state index contributed by atoms with van der Waals surface area (Å²) < 4.78 is 23.0. The maximum Gasteiger partial charge on any atom is 0.269 e. The minimum absolute atomic E-state index is 0.0148. The van der Waals surface area contributed by atoms with E-state index in [4.69, 9.17) is 18.7 Å². The first-order valence-corrected chi connectivity index (χ1v) is 23.9. The third-order valence-electron chi connectivity index (χ3n) is 12.2. The van der Waals surface area contributed by atoms with E-state index in [9.17, 15) is 29.6 Å². The molecule has 2 aromatic heterocycles. The van der Waals surface area contributed by atoms with Crippen LogP contribution in [0.4, 0.5) is 11.4 Å². The maximum atomic E-state index is 14.1. The van der Waals surface area contributed by atoms with Crippen LogP contribution in [0.15, 0.2) is 125 Å². The quantitative estimate of drug-likeness (QED) is 0.0320. The number of hydrogen-bond acceptors (Lipinski definition) is 13. The molecule has 1 saturated heterocycles. The molecule has 2 aliphatic heterocycles. The summed E-state index contributed by atoms with van der Waals surface area (Å²) >= 11 is 1.58. The van der Waals surface area contributed by atoms with Crippen LogP contribution in [-0.4, -0.2) is 87.9 Å². The number of carbonyl (C=O) groups excluding carboxylic acids is 3. The molecular weight excluding hydrogens is 913 g/mol. The molecule has 0 radical (unpaired) electrons. The van der Waals surface area contributed by atoms with Gasteiger partial charge in [-0.15, -0.1) is 11.3 Å². The van der Waals surface area contributed by atoms with Crippen molar-refractivity contribution in [1.82, 2.24) is 20.4 Å². The van der Waals surface area contributed by atoms with Gasteiger partial charge in [0, 0.05) is 42.3 Å². The minimum Gasteiger partial charge on any atom is -0.491 e. The van der Waals surface area contributed by atoms with Crippen LogP contribution in [0, 0.1) is 23.0 Å². The number of aryl methyl sites for hydroxylation is 1. The highest BCUT2D eigenvalue weighted by Crippen LogP contribution is 2.38. The molecule has 0 spiro atoms. The van der Waals surface area contributed by atoms with Gasteiger partial charge in [0.1, 0.15) is 30.9 Å². The number of nitro groups is 1. The predicted molar refractivity (Wildman–Crippen MR) is 265 cm³/mol. The molecule has 17 heteroatoms. The number of para-hydroxylation sites is 1. The van der Waals surface area contributed by atoms with Crippen LogP contribution in [0.5, 0.6) is 11.6 Å². The number of nitro benzene ring substituents is 1. The number of carbonyl (C=O) groups is 3. The topological polar surface area (TPSA) is 200 Å². The van der Waals surface area contributed by atoms with Crippen LogP contribution in [0.25, 0.3) is 22.1 Å². The molecule has 0 unspecified atom stereocenters. The Morgan fingerprint density at radius 2 is 1.70 bits per heavy atom. The van der Waals surface area contributed by atoms with Crippen LogP contribution < -0.4 is 19.7 Å². The van der Waals surface area contributed by atoms with Crippen molar-refractivity contribution >= 4 is 52.1 Å². The highest BCUT2D eigenvalue weighted by Gasteiger charge is 2.43. The molecule has 362 valence electrons. The number of non-ortho nitro benzene ring substituents is 1. The van der Waals surface area contributed by atoms with Crippen molar-refractivity contribution in [1.29, 1.82) is 0 Å². The molecule has 8 rings (SSSR count). The van der Waals surface area contributed by atoms with E-state index in [0.29, 0.717) is 30.2 Å². The highest BCUT2D eigenvalue weighted by molar-refractivity contribution is 7.13. The summed E-state index contributed by atoms with van der Waals surface area (Å²) in [6.07, 6.45) is 4.61. The molecule has 16 nitrogen and oxygen atoms in total. The van der Waals surface area contributed by atoms with E-state index in [1.807, 2.05) is 106 Å². The van der Waals surface area contributed by atoms with Crippen LogP contribution in [0.3, 0.4) is 0 Å². The Morgan fingerprint density at radius 3 is 2.40 bits per heavy atom. The number of nitrogens with zero attached hydrogens (tertiary/aromatic N) is 5. The highest BCUT2D eigenvalue weighted by atomic mass is 32.1. The average Bonchev–Trinajstić information content (AvgIpc) is 4.16. The first kappa shape index (κ1) is 49.0. The zero-order valence-electron chi connectivity index (χ0n) is 39.2. The van der Waals surface area contributed by atoms with Crippen molar-refractivity contribution in [2.24, 2.45) is 5.92 Å². The summed E-state index contributed by atoms with van der Waals surface area (Å²) in [4.78, 5) is 60.6. The number of nitrogens with one attached hydrogen (secondary N) is 1. The number of anilines is 1. The van der Waals surface area contributed by atoms with E-state index in [-0.39, 0.29) is 74.0 Å². The Bertz CT molecular complexity index is 2860. The second-order valence-corrected chi connectivity index (χ2v) is 18.3. The van der Waals surface area contributed by atoms with Gasteiger partial charge in [-0.3, -0.25) is 24.5 Å². The first-order chi connectivity index (χ1) is 33.8. The van der Waals surface area contributed by atoms with Gasteiger partial charge in [-0.25, -0.2) is 4.98 Å². The zero-order chi connectivity index (χ0) is 49.3. The Balaban J connectivity index is 0.768. The molecule has 4 aromatic carbocycles. The molecule has 6 aromatic rings. The van der Waals surface area contributed by atoms with E-state index < -0.39 is 23.0 Å². The Hall–Kier alpha value is -7.47. The third-order valence-corrected chi connectivity index (χ3v) is 13.2. The van der Waals surface area contributed by atoms with Gasteiger partial charge in [0.2, 0.25) is 11.8 Å². The lowest BCUT2D eigenvalue weighted by Crippen LogP contribution is -2.48. The fourth-order valence-corrected chi connectivity index (χ4v) is 9.40. The molecule has 1 fully saturated rings. The molecule has 2 aliphatic rings. The molecule has 4 atom stereocenters. The van der Waals surface area contributed by atoms with Gasteiger partial charge < -0.3 is 39.0 Å². The number of aliphatic hydroxyl groups excluding tert-OH is 1. The number of amides is 3. The van der Waals surface area contributed by atoms with E-state index in [1.165, 1.54) is 17.0 Å². The van der Waals surface area contributed by atoms with Gasteiger partial charge >= 0.3 is 0 Å². The van der Waals surface area contributed by atoms with Crippen LogP contribution in [0.1, 0.15) is 72.9 Å². The fourth-order valence-electron chi connectivity index (χ4n) is 8.59. The van der Waals surface area contributed by atoms with E-state index in [0.717, 1.165) is 44.1 Å². The number of aliphatic hydroxyl groups is 1. The second-order valence-electron chi connectivity index (χ2n) is 17.5. The molecular formula is C53H54N6O10S. The number of fused-ring (bicyclic) bond motifs is 1. The number of β-amino-alcohol motifs (C(OH)–C–C–N with tert-alkyl or cyclic N) is 1. The number of ether oxygens (including phenoxy) is 3. The minimum atomic E-state index is -0.859. The standard InChI is InChI=1S/C53H54N6O10S/c1-33(2)49(53(63)58-31-41(60)28-46(58)51(61)55-34(3)38-16-18-39(19-17-38)50-35(4)54-32-70-50)47-29-48(56-69-47)68-27-25-66-24-26-67-42-22-14-37(15-23-42)30-57-45-11-6-5-9-43(45)44(52(57)62)10-7-8-36-12-20-40(21-13-36)59(64)65/h5-23,29,32-34,41,46,49,60H,24-28,30-31H2,1-4H3,(H,55,61)/b8-7+,44-10+/t34-,41+,46-,49-/m0/s1. The summed E-state index contributed by atoms with van der Waals surface area (Å²) in [5, 5.41) is 28.7. The van der Waals surface area contributed by atoms with Gasteiger partial charge in [0.25, 0.3) is 17.5 Å². The van der Waals surface area contributed by atoms with Gasteiger partial charge in [0.05, 0.1) is 58.6 Å². The van der Waals surface area contributed by atoms with Crippen molar-refractivity contribution < 1.29 is 43.1 Å². The zero-order valence-corrected chi connectivity index (χ0v) is 40.0. The molecule has 0 saturated carbocycles. The second kappa shape index (κ2) is 22.3. The van der Waals surface area contributed by atoms with Crippen molar-refractivity contribution in [2.45, 2.75) is 64.8 Å². The molecule has 4 heterocycles. The Morgan fingerprint density at radius 1 is 0.971 bits per heavy atom. The Kier molecular flexibility index (Phi) is 15.6. The maximum absolute atomic E-state index is 14.1. The number of likely N-dealkylation sites (tertiary alicyclic amines) is 1. The number of hydrogen-bond donors (Lipinski definition) is 2. The summed E-state index contributed by atoms with van der Waals surface area (Å²) in [5.41, 5.74) is 8.65. The van der Waals surface area contributed by atoms with Gasteiger partial charge in [-0.05, 0) is 83.6 Å². The number of thiazole rings is 1. The molecule has 3 amide bonds. The summed E-state index contributed by atoms with van der Waals surface area (Å²) in [6, 6.07) is 29.7. The molecule has 0 aliphatic carbocycles. The van der Waals surface area contributed by atoms with Crippen LogP contribution in [-0.2, 0) is 25.7 Å². The normalized spacial score (nSPS) is 17.1. The van der Waals surface area contributed by atoms with Crippen LogP contribution in [0.2, 0.25) is 0 Å². The predicted octanol–water partition coefficient (Wildman–Crippen LogP) is 8.71. The smallest absolute Gasteiger partial charge is 0.269 e. The van der Waals surface area contributed by atoms with Gasteiger partial charge in [0.15, 0.2) is 5.76 Å². The van der Waals surface area contributed by atoms with Crippen molar-refractivity contribution in [3.05, 3.63) is 165 Å². The van der Waals surface area contributed by atoms with Crippen molar-refractivity contribution in [3.63, 3.8) is 0 Å². The number of rotatable bonds is 20. The van der Waals surface area contributed by atoms with Crippen LogP contribution >= 0.6 is 11.3 Å². The van der Waals surface area contributed by atoms with E-state index >= 15 is 0 Å². The lowest BCUT2D eigenvalue weighted by atomic mass is 9.91. The number of allylic oxidation sites excluding steroid dienone is 2. The summed E-state index contributed by atoms with van der Waals surface area (Å²) in [7, 11) is 0. The van der Waals surface area contributed by atoms with E-state index in [1.54, 1.807) is 52.7 Å². The summed E-state index contributed by atoms with van der Waals surface area (Å²) in [6.45, 7) is 9.00. The summed E-state index contributed by atoms with van der Waals surface area (Å²) in [5.74, 6) is -0.663. The molecule has 0 bridgehead atoms. The van der Waals surface area contributed by atoms with Crippen molar-refractivity contribution in [3.8, 4) is 22.1 Å². The SMILES string of the molecule is Cc1ncsc1-c1ccc([C@H](C)NC(=O)[C@@H]2C[C@@H](O)CN2C(=O)[C@H](c2cc(OCCOCCOc3ccc(CN4C(=O)/C(=C/C=C/c5ccc([N+](=O)[O-])cc5)c5ccccc54)cc3)no2)C(C)C)cc1. The molecule has 70 heavy (non-hydrogen) atoms. The monoisotopic (exact) mass is 966 g/mol. The first-order valence-electron chi connectivity index (χ1n) is 23.1. The van der Waals surface area contributed by atoms with E-state index in [2.05, 4.69) is 15.5 Å². The largest absolute Gasteiger partial charge is 0.491 e. The third kappa shape index (κ3) is 11.5. The Labute approximate surface area is 409 Å². The molecule has 2 N–H and O–H groups in total. The average molecular weight is 967 g/mol. The number of aromatic nitrogens is 2. The lowest BCUT2D eigenvalue weighted by Gasteiger charge is -2.29. The fraction of sp³-hybridized carbons (Fsp3) is 0.302. The van der Waals surface area contributed by atoms with Gasteiger partial charge in [-0.1, -0.05) is 80.6 Å². The van der Waals surface area contributed by atoms with Crippen molar-refractivity contribution in [2.75, 3.05) is 37.9 Å². The number of benzene rings is 4. The lowest BCUT2D eigenvalue weighted by molar-refractivity contribution is -0.384. The van der Waals surface area contributed by atoms with Gasteiger partial charge in [-0.2, -0.15) is 0 Å².